The van der Waals surface area contributed by atoms with Crippen LogP contribution < -0.4 is 0 Å². The topological polar surface area (TPSA) is 40.5 Å². The molecule has 18 heavy (non-hydrogen) atoms. The smallest absolute Gasteiger partial charge is 0.308 e. The maximum Gasteiger partial charge on any atom is 0.308 e. The molecule has 0 bridgehead atoms. The third-order valence-electron chi connectivity index (χ3n) is 4.03. The van der Waals surface area contributed by atoms with E-state index in [1.54, 1.807) is 0 Å². The number of carboxylic acids is 1. The highest BCUT2D eigenvalue weighted by atomic mass is 16.4. The number of aliphatic carboxylic acids is 1. The summed E-state index contributed by atoms with van der Waals surface area (Å²) >= 11 is 0. The molecule has 0 aromatic heterocycles. The van der Waals surface area contributed by atoms with Crippen LogP contribution in [0.25, 0.3) is 0 Å². The molecular weight excluding hydrogens is 226 g/mol. The number of nitrogens with zero attached hydrogens (tertiary/aromatic N) is 1. The minimum Gasteiger partial charge on any atom is -0.481 e. The number of rotatable bonds is 3. The highest BCUT2D eigenvalue weighted by Crippen LogP contribution is 2.26. The molecule has 2 atom stereocenters. The third kappa shape index (κ3) is 2.56. The molecule has 0 aliphatic carbocycles. The molecule has 2 rings (SSSR count). The van der Waals surface area contributed by atoms with Gasteiger partial charge in [-0.2, -0.15) is 0 Å². The Balaban J connectivity index is 2.10. The van der Waals surface area contributed by atoms with E-state index in [4.69, 9.17) is 5.11 Å². The summed E-state index contributed by atoms with van der Waals surface area (Å²) in [6, 6.07) is 6.31. The van der Waals surface area contributed by atoms with Crippen molar-refractivity contribution in [3.8, 4) is 0 Å². The first-order valence-electron chi connectivity index (χ1n) is 6.49. The second kappa shape index (κ2) is 5.11. The van der Waals surface area contributed by atoms with Crippen molar-refractivity contribution >= 4 is 5.97 Å². The average Bonchev–Trinajstić information content (AvgIpc) is 2.65. The lowest BCUT2D eigenvalue weighted by molar-refractivity contribution is -0.142. The summed E-state index contributed by atoms with van der Waals surface area (Å²) in [7, 11) is 0. The van der Waals surface area contributed by atoms with Crippen molar-refractivity contribution in [3.63, 3.8) is 0 Å². The molecule has 0 saturated carbocycles. The van der Waals surface area contributed by atoms with Crippen LogP contribution in [0.3, 0.4) is 0 Å². The van der Waals surface area contributed by atoms with E-state index in [0.29, 0.717) is 6.54 Å². The maximum atomic E-state index is 11.1. The van der Waals surface area contributed by atoms with Crippen LogP contribution in [-0.2, 0) is 11.3 Å². The summed E-state index contributed by atoms with van der Waals surface area (Å²) < 4.78 is 0. The number of carboxylic acid groups (broad SMARTS) is 1. The van der Waals surface area contributed by atoms with Gasteiger partial charge in [0, 0.05) is 19.6 Å². The van der Waals surface area contributed by atoms with Gasteiger partial charge in [0.1, 0.15) is 0 Å². The van der Waals surface area contributed by atoms with Gasteiger partial charge in [-0.05, 0) is 36.5 Å². The fourth-order valence-corrected chi connectivity index (χ4v) is 2.84. The predicted molar refractivity (Wildman–Crippen MR) is 71.5 cm³/mol. The van der Waals surface area contributed by atoms with Crippen LogP contribution in [0.5, 0.6) is 0 Å². The summed E-state index contributed by atoms with van der Waals surface area (Å²) in [5.74, 6) is -0.632. The van der Waals surface area contributed by atoms with Gasteiger partial charge in [0.15, 0.2) is 0 Å². The van der Waals surface area contributed by atoms with Crippen molar-refractivity contribution in [2.24, 2.45) is 11.8 Å². The van der Waals surface area contributed by atoms with Crippen LogP contribution in [0.2, 0.25) is 0 Å². The summed E-state index contributed by atoms with van der Waals surface area (Å²) in [5, 5.41) is 9.15. The third-order valence-corrected chi connectivity index (χ3v) is 4.03. The number of aryl methyl sites for hydroxylation is 2. The fraction of sp³-hybridized carbons (Fsp3) is 0.533. The van der Waals surface area contributed by atoms with Gasteiger partial charge in [-0.3, -0.25) is 9.69 Å². The zero-order valence-corrected chi connectivity index (χ0v) is 11.3. The van der Waals surface area contributed by atoms with Crippen molar-refractivity contribution in [1.82, 2.24) is 4.90 Å². The Morgan fingerprint density at radius 2 is 1.94 bits per heavy atom. The highest BCUT2D eigenvalue weighted by Gasteiger charge is 2.34. The molecule has 1 aliphatic heterocycles. The van der Waals surface area contributed by atoms with E-state index < -0.39 is 5.97 Å². The summed E-state index contributed by atoms with van der Waals surface area (Å²) in [5.41, 5.74) is 3.93. The molecule has 1 heterocycles. The van der Waals surface area contributed by atoms with Gasteiger partial charge in [0.2, 0.25) is 0 Å². The van der Waals surface area contributed by atoms with Crippen LogP contribution in [-0.4, -0.2) is 29.1 Å². The van der Waals surface area contributed by atoms with Crippen molar-refractivity contribution in [2.75, 3.05) is 13.1 Å². The van der Waals surface area contributed by atoms with Crippen LogP contribution in [0.15, 0.2) is 18.2 Å². The standard InChI is InChI=1S/C15H21NO2/c1-10-5-4-6-11(2)13(10)8-16-7-12(3)14(9-16)15(17)18/h4-6,12,14H,7-9H2,1-3H3,(H,17,18)/t12-,14-/m1/s1. The monoisotopic (exact) mass is 247 g/mol. The lowest BCUT2D eigenvalue weighted by atomic mass is 9.99. The first kappa shape index (κ1) is 13.1. The molecule has 1 aromatic rings. The first-order valence-corrected chi connectivity index (χ1v) is 6.49. The van der Waals surface area contributed by atoms with Gasteiger partial charge < -0.3 is 5.11 Å². The van der Waals surface area contributed by atoms with Gasteiger partial charge >= 0.3 is 5.97 Å². The Morgan fingerprint density at radius 3 is 2.44 bits per heavy atom. The van der Waals surface area contributed by atoms with Crippen molar-refractivity contribution < 1.29 is 9.90 Å². The van der Waals surface area contributed by atoms with Gasteiger partial charge in [0.25, 0.3) is 0 Å². The number of benzene rings is 1. The zero-order valence-electron chi connectivity index (χ0n) is 11.3. The Labute approximate surface area is 108 Å². The first-order chi connectivity index (χ1) is 8.49. The van der Waals surface area contributed by atoms with Crippen LogP contribution in [0, 0.1) is 25.7 Å². The highest BCUT2D eigenvalue weighted by molar-refractivity contribution is 5.71. The van der Waals surface area contributed by atoms with Crippen molar-refractivity contribution in [1.29, 1.82) is 0 Å². The van der Waals surface area contributed by atoms with E-state index in [1.807, 2.05) is 6.92 Å². The Bertz CT molecular complexity index is 436. The van der Waals surface area contributed by atoms with Gasteiger partial charge in [-0.15, -0.1) is 0 Å². The maximum absolute atomic E-state index is 11.1. The van der Waals surface area contributed by atoms with E-state index in [9.17, 15) is 4.79 Å². The van der Waals surface area contributed by atoms with E-state index in [2.05, 4.69) is 36.9 Å². The minimum atomic E-state index is -0.661. The van der Waals surface area contributed by atoms with Gasteiger partial charge in [0.05, 0.1) is 5.92 Å². The minimum absolute atomic E-state index is 0.214. The summed E-state index contributed by atoms with van der Waals surface area (Å²) in [4.78, 5) is 13.4. The SMILES string of the molecule is Cc1cccc(C)c1CN1C[C@@H](C)[C@H](C(=O)O)C1. The van der Waals surface area contributed by atoms with Crippen LogP contribution >= 0.6 is 0 Å². The molecule has 0 unspecified atom stereocenters. The van der Waals surface area contributed by atoms with Crippen molar-refractivity contribution in [2.45, 2.75) is 27.3 Å². The molecule has 3 heteroatoms. The number of likely N-dealkylation sites (tertiary alicyclic amines) is 1. The molecular formula is C15H21NO2. The molecule has 0 spiro atoms. The zero-order chi connectivity index (χ0) is 13.3. The molecule has 0 amide bonds. The molecule has 1 aromatic carbocycles. The lowest BCUT2D eigenvalue weighted by Crippen LogP contribution is -2.23. The Kier molecular flexibility index (Phi) is 3.71. The average molecular weight is 247 g/mol. The second-order valence-corrected chi connectivity index (χ2v) is 5.49. The lowest BCUT2D eigenvalue weighted by Gasteiger charge is -2.18. The van der Waals surface area contributed by atoms with Gasteiger partial charge in [-0.25, -0.2) is 0 Å². The molecule has 1 N–H and O–H groups in total. The molecule has 1 saturated heterocycles. The Hall–Kier alpha value is -1.35. The Morgan fingerprint density at radius 1 is 1.33 bits per heavy atom. The number of hydrogen-bond acceptors (Lipinski definition) is 2. The molecule has 3 nitrogen and oxygen atoms in total. The van der Waals surface area contributed by atoms with E-state index in [1.165, 1.54) is 16.7 Å². The predicted octanol–water partition coefficient (Wildman–Crippen LogP) is 2.46. The molecule has 98 valence electrons. The summed E-state index contributed by atoms with van der Waals surface area (Å²) in [6.45, 7) is 8.69. The molecule has 1 fully saturated rings. The number of carbonyl (C=O) groups is 1. The number of hydrogen-bond donors (Lipinski definition) is 1. The summed E-state index contributed by atoms with van der Waals surface area (Å²) in [6.07, 6.45) is 0. The second-order valence-electron chi connectivity index (χ2n) is 5.49. The van der Waals surface area contributed by atoms with Crippen LogP contribution in [0.4, 0.5) is 0 Å². The van der Waals surface area contributed by atoms with E-state index in [0.717, 1.165) is 13.1 Å². The normalized spacial score (nSPS) is 24.4. The van der Waals surface area contributed by atoms with Crippen molar-refractivity contribution in [3.05, 3.63) is 34.9 Å². The van der Waals surface area contributed by atoms with Crippen LogP contribution in [0.1, 0.15) is 23.6 Å². The van der Waals surface area contributed by atoms with E-state index in [-0.39, 0.29) is 11.8 Å². The molecule has 1 aliphatic rings. The quantitative estimate of drug-likeness (QED) is 0.892. The van der Waals surface area contributed by atoms with E-state index >= 15 is 0 Å². The van der Waals surface area contributed by atoms with Gasteiger partial charge in [-0.1, -0.05) is 25.1 Å². The molecule has 0 radical (unpaired) electrons. The largest absolute Gasteiger partial charge is 0.481 e. The fourth-order valence-electron chi connectivity index (χ4n) is 2.84.